The van der Waals surface area contributed by atoms with Crippen molar-refractivity contribution < 1.29 is 13.2 Å². The van der Waals surface area contributed by atoms with Crippen LogP contribution >= 0.6 is 11.8 Å². The van der Waals surface area contributed by atoms with E-state index in [2.05, 4.69) is 15.1 Å². The summed E-state index contributed by atoms with van der Waals surface area (Å²) in [6.07, 6.45) is 7.10. The minimum atomic E-state index is -4.26. The number of aryl methyl sites for hydroxylation is 1. The van der Waals surface area contributed by atoms with Gasteiger partial charge in [-0.2, -0.15) is 13.2 Å². The first-order valence-electron chi connectivity index (χ1n) is 11.3. The van der Waals surface area contributed by atoms with Crippen LogP contribution in [-0.2, 0) is 18.6 Å². The van der Waals surface area contributed by atoms with E-state index in [4.69, 9.17) is 0 Å². The van der Waals surface area contributed by atoms with Gasteiger partial charge >= 0.3 is 6.18 Å². The Hall–Kier alpha value is -1.54. The fourth-order valence-electron chi connectivity index (χ4n) is 4.93. The Bertz CT molecular complexity index is 840. The highest BCUT2D eigenvalue weighted by atomic mass is 32.2. The first kappa shape index (κ1) is 22.6. The summed E-state index contributed by atoms with van der Waals surface area (Å²) >= 11 is 1.70. The van der Waals surface area contributed by atoms with E-state index in [0.717, 1.165) is 48.9 Å². The largest absolute Gasteiger partial charge is 0.416 e. The second kappa shape index (κ2) is 9.53. The SMILES string of the molecule is C1CCCC1.Cn1cnnc1SCCCN1C[C@@H]2C[C@]2(c2ccc(C(F)(F)F)cc2)C1. The van der Waals surface area contributed by atoms with E-state index in [1.54, 1.807) is 30.2 Å². The highest BCUT2D eigenvalue weighted by molar-refractivity contribution is 7.99. The minimum absolute atomic E-state index is 0.0842. The van der Waals surface area contributed by atoms with Crippen molar-refractivity contribution in [1.82, 2.24) is 19.7 Å². The van der Waals surface area contributed by atoms with Gasteiger partial charge < -0.3 is 9.47 Å². The highest BCUT2D eigenvalue weighted by Gasteiger charge is 2.60. The average Bonchev–Trinajstić information content (AvgIpc) is 3.23. The second-order valence-corrected chi connectivity index (χ2v) is 10.1. The zero-order valence-corrected chi connectivity index (χ0v) is 18.9. The number of alkyl halides is 3. The van der Waals surface area contributed by atoms with Crippen molar-refractivity contribution in [2.24, 2.45) is 13.0 Å². The number of piperidine rings is 1. The molecule has 1 saturated heterocycles. The lowest BCUT2D eigenvalue weighted by Crippen LogP contribution is -2.28. The van der Waals surface area contributed by atoms with Gasteiger partial charge in [0.05, 0.1) is 5.56 Å². The molecular formula is C23H31F3N4S. The van der Waals surface area contributed by atoms with E-state index in [0.29, 0.717) is 5.92 Å². The first-order valence-corrected chi connectivity index (χ1v) is 12.2. The van der Waals surface area contributed by atoms with E-state index < -0.39 is 11.7 Å². The van der Waals surface area contributed by atoms with Gasteiger partial charge in [-0.3, -0.25) is 0 Å². The average molecular weight is 453 g/mol. The number of aromatic nitrogens is 3. The maximum absolute atomic E-state index is 12.7. The smallest absolute Gasteiger partial charge is 0.312 e. The number of hydrogen-bond acceptors (Lipinski definition) is 4. The maximum Gasteiger partial charge on any atom is 0.416 e. The third kappa shape index (κ3) is 5.45. The molecule has 0 amide bonds. The number of hydrogen-bond donors (Lipinski definition) is 0. The number of benzene rings is 1. The molecule has 0 bridgehead atoms. The Morgan fingerprint density at radius 2 is 1.77 bits per heavy atom. The molecule has 2 heterocycles. The highest BCUT2D eigenvalue weighted by Crippen LogP contribution is 2.59. The van der Waals surface area contributed by atoms with E-state index in [1.807, 2.05) is 11.6 Å². The zero-order valence-electron chi connectivity index (χ0n) is 18.1. The molecule has 8 heteroatoms. The van der Waals surface area contributed by atoms with Crippen LogP contribution in [0.2, 0.25) is 0 Å². The molecule has 2 atom stereocenters. The molecule has 2 saturated carbocycles. The molecule has 0 spiro atoms. The zero-order chi connectivity index (χ0) is 21.9. The van der Waals surface area contributed by atoms with Crippen LogP contribution < -0.4 is 0 Å². The Morgan fingerprint density at radius 1 is 1.10 bits per heavy atom. The molecule has 0 radical (unpaired) electrons. The maximum atomic E-state index is 12.7. The molecule has 0 N–H and O–H groups in total. The van der Waals surface area contributed by atoms with Crippen LogP contribution in [0.3, 0.4) is 0 Å². The van der Waals surface area contributed by atoms with Crippen LogP contribution in [0.25, 0.3) is 0 Å². The summed E-state index contributed by atoms with van der Waals surface area (Å²) in [5, 5.41) is 8.86. The quantitative estimate of drug-likeness (QED) is 0.426. The van der Waals surface area contributed by atoms with Crippen molar-refractivity contribution in [3.8, 4) is 0 Å². The summed E-state index contributed by atoms with van der Waals surface area (Å²) in [6, 6.07) is 5.80. The molecule has 1 aliphatic heterocycles. The van der Waals surface area contributed by atoms with Gasteiger partial charge in [-0.1, -0.05) is 56.0 Å². The number of halogens is 3. The molecule has 0 unspecified atom stereocenters. The number of thioether (sulfide) groups is 1. The third-order valence-electron chi connectivity index (χ3n) is 6.77. The van der Waals surface area contributed by atoms with Gasteiger partial charge in [-0.25, -0.2) is 0 Å². The van der Waals surface area contributed by atoms with E-state index >= 15 is 0 Å². The Labute approximate surface area is 186 Å². The van der Waals surface area contributed by atoms with Crippen molar-refractivity contribution >= 4 is 11.8 Å². The van der Waals surface area contributed by atoms with Crippen molar-refractivity contribution in [2.75, 3.05) is 25.4 Å². The standard InChI is InChI=1S/C18H21F3N4S.C5H10/c1-24-12-22-23-16(24)26-8-2-7-25-10-15-9-17(15,11-25)13-3-5-14(6-4-13)18(19,20)21;1-2-4-5-3-1/h3-6,12,15H,2,7-11H2,1H3;1-5H2/t15-,17+;/m0./s1. The summed E-state index contributed by atoms with van der Waals surface area (Å²) in [5.41, 5.74) is 0.581. The van der Waals surface area contributed by atoms with E-state index in [-0.39, 0.29) is 5.41 Å². The number of nitrogens with zero attached hydrogens (tertiary/aromatic N) is 4. The monoisotopic (exact) mass is 452 g/mol. The summed E-state index contributed by atoms with van der Waals surface area (Å²) in [6.45, 7) is 3.02. The Balaban J connectivity index is 0.000000407. The molecule has 170 valence electrons. The number of likely N-dealkylation sites (tertiary alicyclic amines) is 1. The van der Waals surface area contributed by atoms with Crippen LogP contribution in [-0.4, -0.2) is 45.1 Å². The molecule has 31 heavy (non-hydrogen) atoms. The van der Waals surface area contributed by atoms with Crippen LogP contribution in [0.4, 0.5) is 13.2 Å². The summed E-state index contributed by atoms with van der Waals surface area (Å²) < 4.78 is 40.1. The van der Waals surface area contributed by atoms with Crippen molar-refractivity contribution in [3.05, 3.63) is 41.7 Å². The Kier molecular flexibility index (Phi) is 6.96. The molecule has 3 aliphatic rings. The lowest BCUT2D eigenvalue weighted by molar-refractivity contribution is -0.137. The van der Waals surface area contributed by atoms with Crippen LogP contribution in [0.5, 0.6) is 0 Å². The molecule has 5 rings (SSSR count). The molecular weight excluding hydrogens is 421 g/mol. The lowest BCUT2D eigenvalue weighted by Gasteiger charge is -2.21. The minimum Gasteiger partial charge on any atom is -0.312 e. The number of fused-ring (bicyclic) bond motifs is 1. The molecule has 4 nitrogen and oxygen atoms in total. The molecule has 2 aliphatic carbocycles. The van der Waals surface area contributed by atoms with Crippen molar-refractivity contribution in [2.45, 2.75) is 61.7 Å². The van der Waals surface area contributed by atoms with Gasteiger partial charge in [0.1, 0.15) is 6.33 Å². The summed E-state index contributed by atoms with van der Waals surface area (Å²) in [5.74, 6) is 1.58. The second-order valence-electron chi connectivity index (χ2n) is 9.06. The van der Waals surface area contributed by atoms with Crippen molar-refractivity contribution in [3.63, 3.8) is 0 Å². The normalized spacial score (nSPS) is 25.2. The topological polar surface area (TPSA) is 34.0 Å². The predicted octanol–water partition coefficient (Wildman–Crippen LogP) is 5.54. The van der Waals surface area contributed by atoms with Crippen LogP contribution in [0, 0.1) is 5.92 Å². The van der Waals surface area contributed by atoms with Crippen LogP contribution in [0.1, 0.15) is 56.1 Å². The van der Waals surface area contributed by atoms with Crippen LogP contribution in [0.15, 0.2) is 35.7 Å². The van der Waals surface area contributed by atoms with E-state index in [9.17, 15) is 13.2 Å². The van der Waals surface area contributed by atoms with Gasteiger partial charge in [0.2, 0.25) is 0 Å². The fourth-order valence-corrected chi connectivity index (χ4v) is 5.75. The lowest BCUT2D eigenvalue weighted by atomic mass is 9.94. The predicted molar refractivity (Wildman–Crippen MR) is 117 cm³/mol. The van der Waals surface area contributed by atoms with Gasteiger partial charge in [0, 0.05) is 31.3 Å². The molecule has 1 aromatic heterocycles. The van der Waals surface area contributed by atoms with Gasteiger partial charge in [0.25, 0.3) is 0 Å². The summed E-state index contributed by atoms with van der Waals surface area (Å²) in [4.78, 5) is 2.45. The first-order chi connectivity index (χ1) is 14.9. The van der Waals surface area contributed by atoms with Gasteiger partial charge in [0.15, 0.2) is 5.16 Å². The molecule has 1 aromatic carbocycles. The van der Waals surface area contributed by atoms with E-state index in [1.165, 1.54) is 44.2 Å². The molecule has 3 fully saturated rings. The van der Waals surface area contributed by atoms with Gasteiger partial charge in [-0.15, -0.1) is 10.2 Å². The van der Waals surface area contributed by atoms with Gasteiger partial charge in [-0.05, 0) is 43.0 Å². The molecule has 2 aromatic rings. The third-order valence-corrected chi connectivity index (χ3v) is 7.89. The Morgan fingerprint density at radius 3 is 2.35 bits per heavy atom. The number of rotatable bonds is 6. The fraction of sp³-hybridized carbons (Fsp3) is 0.652. The summed E-state index contributed by atoms with van der Waals surface area (Å²) in [7, 11) is 1.93. The van der Waals surface area contributed by atoms with Crippen molar-refractivity contribution in [1.29, 1.82) is 0 Å².